The summed E-state index contributed by atoms with van der Waals surface area (Å²) < 4.78 is 18.6. The highest BCUT2D eigenvalue weighted by atomic mass is 19.1. The zero-order chi connectivity index (χ0) is 23.2. The Morgan fingerprint density at radius 3 is 2.67 bits per heavy atom. The molecule has 170 valence electrons. The molecule has 1 aromatic heterocycles. The molecule has 0 spiro atoms. The molecule has 1 atom stereocenters. The molecule has 1 saturated carbocycles. The highest BCUT2D eigenvalue weighted by molar-refractivity contribution is 5.99. The van der Waals surface area contributed by atoms with Crippen molar-refractivity contribution in [1.82, 2.24) is 4.98 Å². The molecule has 0 radical (unpaired) electrons. The van der Waals surface area contributed by atoms with E-state index in [1.807, 2.05) is 30.3 Å². The number of hydrogen-bond donors (Lipinski definition) is 0. The lowest BCUT2D eigenvalue weighted by atomic mass is 9.92. The Balaban J connectivity index is 1.66. The van der Waals surface area contributed by atoms with Gasteiger partial charge in [-0.15, -0.1) is 0 Å². The molecule has 0 bridgehead atoms. The van der Waals surface area contributed by atoms with Crippen LogP contribution in [-0.4, -0.2) is 23.6 Å². The van der Waals surface area contributed by atoms with Gasteiger partial charge in [-0.05, 0) is 56.4 Å². The van der Waals surface area contributed by atoms with Crippen molar-refractivity contribution in [2.24, 2.45) is 5.18 Å². The van der Waals surface area contributed by atoms with E-state index in [1.165, 1.54) is 12.1 Å². The summed E-state index contributed by atoms with van der Waals surface area (Å²) in [6, 6.07) is 14.0. The number of halogens is 1. The second kappa shape index (κ2) is 10.5. The number of fused-ring (bicyclic) bond motifs is 1. The van der Waals surface area contributed by atoms with Crippen molar-refractivity contribution in [3.05, 3.63) is 76.6 Å². The van der Waals surface area contributed by atoms with Gasteiger partial charge in [-0.1, -0.05) is 47.7 Å². The van der Waals surface area contributed by atoms with Gasteiger partial charge in [0, 0.05) is 22.4 Å². The number of benzene rings is 2. The van der Waals surface area contributed by atoms with Gasteiger partial charge in [0.15, 0.2) is 0 Å². The molecule has 1 fully saturated rings. The molecule has 0 aliphatic heterocycles. The summed E-state index contributed by atoms with van der Waals surface area (Å²) in [6.45, 7) is 2.02. The quantitative estimate of drug-likeness (QED) is 0.254. The van der Waals surface area contributed by atoms with Crippen LogP contribution in [0.15, 0.2) is 59.8 Å². The molecule has 2 aromatic carbocycles. The minimum Gasteiger partial charge on any atom is -0.466 e. The van der Waals surface area contributed by atoms with Gasteiger partial charge in [0.1, 0.15) is 11.9 Å². The molecular formula is C27H27FN2O3. The maximum Gasteiger partial charge on any atom is 0.308 e. The number of aromatic nitrogens is 1. The maximum atomic E-state index is 13.6. The summed E-state index contributed by atoms with van der Waals surface area (Å²) in [4.78, 5) is 27.8. The number of ether oxygens (including phenoxy) is 1. The monoisotopic (exact) mass is 446 g/mol. The van der Waals surface area contributed by atoms with Crippen LogP contribution in [0.4, 0.5) is 4.39 Å². The third-order valence-electron chi connectivity index (χ3n) is 5.86. The molecule has 33 heavy (non-hydrogen) atoms. The first kappa shape index (κ1) is 22.8. The van der Waals surface area contributed by atoms with Crippen LogP contribution < -0.4 is 0 Å². The van der Waals surface area contributed by atoms with Crippen molar-refractivity contribution in [2.45, 2.75) is 51.0 Å². The molecule has 3 aromatic rings. The Kier molecular flexibility index (Phi) is 7.23. The number of allylic oxidation sites excluding steroid dienone is 1. The normalized spacial score (nSPS) is 14.5. The van der Waals surface area contributed by atoms with Gasteiger partial charge < -0.3 is 4.74 Å². The Labute approximate surface area is 192 Å². The highest BCUT2D eigenvalue weighted by Gasteiger charge is 2.29. The van der Waals surface area contributed by atoms with E-state index in [1.54, 1.807) is 19.1 Å². The number of rotatable bonds is 10. The molecule has 0 saturated heterocycles. The largest absolute Gasteiger partial charge is 0.466 e. The summed E-state index contributed by atoms with van der Waals surface area (Å²) in [6.07, 6.45) is 7.32. The predicted molar refractivity (Wildman–Crippen MR) is 128 cm³/mol. The number of pyridine rings is 1. The molecule has 4 rings (SSSR count). The third kappa shape index (κ3) is 5.51. The predicted octanol–water partition coefficient (Wildman–Crippen LogP) is 6.80. The molecule has 5 nitrogen and oxygen atoms in total. The lowest BCUT2D eigenvalue weighted by Crippen LogP contribution is -2.13. The first-order chi connectivity index (χ1) is 16.1. The average Bonchev–Trinajstić information content (AvgIpc) is 3.66. The van der Waals surface area contributed by atoms with E-state index in [2.05, 4.69) is 11.3 Å². The molecule has 0 N–H and O–H groups in total. The van der Waals surface area contributed by atoms with Crippen LogP contribution in [0.3, 0.4) is 0 Å². The van der Waals surface area contributed by atoms with Gasteiger partial charge >= 0.3 is 5.97 Å². The minimum absolute atomic E-state index is 0.00311. The number of para-hydroxylation sites is 1. The fourth-order valence-electron chi connectivity index (χ4n) is 4.10. The fraction of sp³-hybridized carbons (Fsp3) is 0.333. The molecule has 1 aliphatic rings. The van der Waals surface area contributed by atoms with E-state index >= 15 is 0 Å². The van der Waals surface area contributed by atoms with E-state index in [4.69, 9.17) is 9.72 Å². The fourth-order valence-corrected chi connectivity index (χ4v) is 4.10. The first-order valence-electron chi connectivity index (χ1n) is 11.4. The number of carbonyl (C=O) groups is 1. The summed E-state index contributed by atoms with van der Waals surface area (Å²) in [5.74, 6) is -0.258. The number of esters is 1. The number of nitroso groups, excluding NO2 is 1. The van der Waals surface area contributed by atoms with E-state index in [-0.39, 0.29) is 18.8 Å². The summed E-state index contributed by atoms with van der Waals surface area (Å²) in [5, 5.41) is 4.11. The van der Waals surface area contributed by atoms with E-state index in [9.17, 15) is 14.1 Å². The van der Waals surface area contributed by atoms with Gasteiger partial charge in [-0.25, -0.2) is 4.39 Å². The molecule has 1 aliphatic carbocycles. The van der Waals surface area contributed by atoms with Crippen molar-refractivity contribution < 1.29 is 13.9 Å². The van der Waals surface area contributed by atoms with Crippen LogP contribution in [0, 0.1) is 10.7 Å². The van der Waals surface area contributed by atoms with Crippen molar-refractivity contribution in [3.8, 4) is 11.1 Å². The van der Waals surface area contributed by atoms with Crippen LogP contribution in [0.5, 0.6) is 0 Å². The lowest BCUT2D eigenvalue weighted by molar-refractivity contribution is -0.143. The van der Waals surface area contributed by atoms with Crippen molar-refractivity contribution in [1.29, 1.82) is 0 Å². The average molecular weight is 447 g/mol. The van der Waals surface area contributed by atoms with Gasteiger partial charge in [0.25, 0.3) is 0 Å². The molecule has 6 heteroatoms. The Bertz CT molecular complexity index is 1170. The Morgan fingerprint density at radius 1 is 1.21 bits per heavy atom. The zero-order valence-electron chi connectivity index (χ0n) is 18.7. The molecule has 0 unspecified atom stereocenters. The van der Waals surface area contributed by atoms with Gasteiger partial charge in [0.2, 0.25) is 0 Å². The first-order valence-corrected chi connectivity index (χ1v) is 11.4. The van der Waals surface area contributed by atoms with Crippen molar-refractivity contribution in [3.63, 3.8) is 0 Å². The Morgan fingerprint density at radius 2 is 1.97 bits per heavy atom. The van der Waals surface area contributed by atoms with E-state index < -0.39 is 12.0 Å². The van der Waals surface area contributed by atoms with Crippen LogP contribution in [0.25, 0.3) is 28.1 Å². The second-order valence-electron chi connectivity index (χ2n) is 8.33. The summed E-state index contributed by atoms with van der Waals surface area (Å²) in [5.41, 5.74) is 4.99. The van der Waals surface area contributed by atoms with Crippen molar-refractivity contribution in [2.75, 3.05) is 6.61 Å². The second-order valence-corrected chi connectivity index (χ2v) is 8.33. The summed E-state index contributed by atoms with van der Waals surface area (Å²) >= 11 is 0. The standard InChI is InChI=1S/C27H27FN2O3/c1-2-33-25(31)17-21(30-32)7-3-4-9-23-26(18-13-15-20(28)16-14-18)22-8-5-6-10-24(22)29-27(23)19-11-12-19/h4-6,8-10,13-16,19,21H,2-3,7,11-12,17H2,1H3/b9-4+/t21-/m1/s1. The van der Waals surface area contributed by atoms with E-state index in [0.717, 1.165) is 46.1 Å². The highest BCUT2D eigenvalue weighted by Crippen LogP contribution is 2.45. The van der Waals surface area contributed by atoms with Gasteiger partial charge in [-0.2, -0.15) is 4.91 Å². The number of nitrogens with zero attached hydrogens (tertiary/aromatic N) is 2. The molecule has 1 heterocycles. The molecular weight excluding hydrogens is 419 g/mol. The Hall–Kier alpha value is -3.41. The number of hydrogen-bond acceptors (Lipinski definition) is 5. The van der Waals surface area contributed by atoms with Crippen LogP contribution in [0.2, 0.25) is 0 Å². The van der Waals surface area contributed by atoms with Crippen LogP contribution >= 0.6 is 0 Å². The smallest absolute Gasteiger partial charge is 0.308 e. The lowest BCUT2D eigenvalue weighted by Gasteiger charge is -2.15. The van der Waals surface area contributed by atoms with Crippen LogP contribution in [0.1, 0.15) is 56.2 Å². The van der Waals surface area contributed by atoms with Crippen LogP contribution in [-0.2, 0) is 9.53 Å². The minimum atomic E-state index is -0.608. The van der Waals surface area contributed by atoms with Gasteiger partial charge in [0.05, 0.1) is 24.2 Å². The topological polar surface area (TPSA) is 68.6 Å². The number of carbonyl (C=O) groups excluding carboxylic acids is 1. The summed E-state index contributed by atoms with van der Waals surface area (Å²) in [7, 11) is 0. The molecule has 0 amide bonds. The zero-order valence-corrected chi connectivity index (χ0v) is 18.7. The van der Waals surface area contributed by atoms with Crippen molar-refractivity contribution >= 4 is 22.9 Å². The SMILES string of the molecule is CCOC(=O)C[C@@H](CC/C=C/c1c(C2CC2)nc2ccccc2c1-c1ccc(F)cc1)N=O. The maximum absolute atomic E-state index is 13.6. The van der Waals surface area contributed by atoms with Gasteiger partial charge in [-0.3, -0.25) is 9.78 Å². The van der Waals surface area contributed by atoms with E-state index in [0.29, 0.717) is 18.8 Å². The third-order valence-corrected chi connectivity index (χ3v) is 5.86.